The second-order valence-corrected chi connectivity index (χ2v) is 8.85. The van der Waals surface area contributed by atoms with Gasteiger partial charge in [0.1, 0.15) is 6.54 Å². The lowest BCUT2D eigenvalue weighted by Crippen LogP contribution is -2.33. The number of amides is 3. The van der Waals surface area contributed by atoms with E-state index in [0.717, 1.165) is 33.1 Å². The maximum absolute atomic E-state index is 13.0. The SMILES string of the molecule is CCN(CC)C(=O)Cn1cc(/C=C2\SC(=O)N(CC(=O)c3ccccc3)C2=O)c2ccccc21. The van der Waals surface area contributed by atoms with Crippen molar-refractivity contribution < 1.29 is 19.2 Å². The first-order chi connectivity index (χ1) is 16.4. The molecule has 0 radical (unpaired) electrons. The molecule has 0 unspecified atom stereocenters. The second-order valence-electron chi connectivity index (χ2n) is 7.85. The minimum Gasteiger partial charge on any atom is -0.342 e. The Bertz CT molecular complexity index is 1290. The van der Waals surface area contributed by atoms with Gasteiger partial charge in [-0.15, -0.1) is 0 Å². The van der Waals surface area contributed by atoms with Crippen molar-refractivity contribution in [2.24, 2.45) is 0 Å². The lowest BCUT2D eigenvalue weighted by molar-refractivity contribution is -0.131. The minimum absolute atomic E-state index is 0.0112. The third kappa shape index (κ3) is 4.68. The monoisotopic (exact) mass is 475 g/mol. The van der Waals surface area contributed by atoms with Gasteiger partial charge in [0.05, 0.1) is 11.4 Å². The molecule has 1 fully saturated rings. The fourth-order valence-electron chi connectivity index (χ4n) is 3.98. The molecule has 2 aromatic carbocycles. The van der Waals surface area contributed by atoms with Crippen molar-refractivity contribution in [3.8, 4) is 0 Å². The van der Waals surface area contributed by atoms with Crippen LogP contribution in [0.1, 0.15) is 29.8 Å². The van der Waals surface area contributed by atoms with Crippen molar-refractivity contribution in [3.05, 3.63) is 76.8 Å². The van der Waals surface area contributed by atoms with Crippen molar-refractivity contribution in [1.29, 1.82) is 0 Å². The second kappa shape index (κ2) is 10.1. The van der Waals surface area contributed by atoms with E-state index in [2.05, 4.69) is 0 Å². The van der Waals surface area contributed by atoms with Gasteiger partial charge < -0.3 is 9.47 Å². The van der Waals surface area contributed by atoms with Crippen LogP contribution in [0.15, 0.2) is 65.7 Å². The number of rotatable bonds is 8. The summed E-state index contributed by atoms with van der Waals surface area (Å²) in [5, 5.41) is 0.406. The number of carbonyl (C=O) groups is 4. The Labute approximate surface area is 202 Å². The molecule has 8 heteroatoms. The third-order valence-corrected chi connectivity index (χ3v) is 6.71. The Balaban J connectivity index is 1.60. The molecule has 3 amide bonds. The van der Waals surface area contributed by atoms with Gasteiger partial charge in [-0.2, -0.15) is 0 Å². The number of benzene rings is 2. The first-order valence-corrected chi connectivity index (χ1v) is 11.9. The van der Waals surface area contributed by atoms with Crippen LogP contribution in [-0.4, -0.2) is 56.8 Å². The van der Waals surface area contributed by atoms with Gasteiger partial charge in [-0.1, -0.05) is 48.5 Å². The van der Waals surface area contributed by atoms with E-state index in [1.54, 1.807) is 41.3 Å². The smallest absolute Gasteiger partial charge is 0.293 e. The fraction of sp³-hybridized carbons (Fsp3) is 0.231. The molecule has 1 aliphatic heterocycles. The molecule has 0 N–H and O–H groups in total. The van der Waals surface area contributed by atoms with Gasteiger partial charge in [-0.05, 0) is 37.8 Å². The average Bonchev–Trinajstić information content (AvgIpc) is 3.32. The molecule has 1 aromatic heterocycles. The number of Topliss-reactive ketones (excluding diaryl/α,β-unsaturated/α-hetero) is 1. The van der Waals surface area contributed by atoms with Gasteiger partial charge in [0, 0.05) is 41.3 Å². The van der Waals surface area contributed by atoms with E-state index >= 15 is 0 Å². The number of hydrogen-bond donors (Lipinski definition) is 0. The zero-order valence-electron chi connectivity index (χ0n) is 19.1. The molecule has 1 aliphatic rings. The summed E-state index contributed by atoms with van der Waals surface area (Å²) in [6.45, 7) is 5.04. The summed E-state index contributed by atoms with van der Waals surface area (Å²) >= 11 is 0.820. The van der Waals surface area contributed by atoms with E-state index in [0.29, 0.717) is 18.7 Å². The van der Waals surface area contributed by atoms with Gasteiger partial charge in [-0.25, -0.2) is 0 Å². The fourth-order valence-corrected chi connectivity index (χ4v) is 4.81. The molecule has 0 atom stereocenters. The standard InChI is InChI=1S/C26H25N3O4S/c1-3-27(4-2)24(31)17-28-15-19(20-12-8-9-13-21(20)28)14-23-25(32)29(26(33)34-23)16-22(30)18-10-6-5-7-11-18/h5-15H,3-4,16-17H2,1-2H3/b23-14-. The van der Waals surface area contributed by atoms with Crippen molar-refractivity contribution in [2.75, 3.05) is 19.6 Å². The highest BCUT2D eigenvalue weighted by Gasteiger charge is 2.36. The maximum Gasteiger partial charge on any atom is 0.293 e. The number of likely N-dealkylation sites (N-methyl/N-ethyl adjacent to an activating group) is 1. The molecule has 4 rings (SSSR count). The molecule has 3 aromatic rings. The Morgan fingerprint density at radius 2 is 1.62 bits per heavy atom. The first kappa shape index (κ1) is 23.5. The Kier molecular flexibility index (Phi) is 6.98. The number of thioether (sulfide) groups is 1. The normalized spacial score (nSPS) is 14.9. The van der Waals surface area contributed by atoms with E-state index in [1.165, 1.54) is 0 Å². The quantitative estimate of drug-likeness (QED) is 0.356. The predicted molar refractivity (Wildman–Crippen MR) is 133 cm³/mol. The number of hydrogen-bond acceptors (Lipinski definition) is 5. The van der Waals surface area contributed by atoms with Crippen LogP contribution in [0.2, 0.25) is 0 Å². The van der Waals surface area contributed by atoms with Crippen molar-refractivity contribution in [2.45, 2.75) is 20.4 Å². The molecule has 34 heavy (non-hydrogen) atoms. The molecular formula is C26H25N3O4S. The van der Waals surface area contributed by atoms with E-state index in [-0.39, 0.29) is 29.7 Å². The molecule has 0 aliphatic carbocycles. The Morgan fingerprint density at radius 3 is 2.32 bits per heavy atom. The molecule has 174 valence electrons. The summed E-state index contributed by atoms with van der Waals surface area (Å²) in [4.78, 5) is 53.7. The van der Waals surface area contributed by atoms with Gasteiger partial charge in [0.2, 0.25) is 5.91 Å². The van der Waals surface area contributed by atoms with Gasteiger partial charge in [0.25, 0.3) is 11.1 Å². The van der Waals surface area contributed by atoms with Crippen molar-refractivity contribution >= 4 is 51.6 Å². The minimum atomic E-state index is -0.490. The van der Waals surface area contributed by atoms with Crippen LogP contribution in [0.5, 0.6) is 0 Å². The lowest BCUT2D eigenvalue weighted by atomic mass is 10.1. The van der Waals surface area contributed by atoms with Gasteiger partial charge in [0.15, 0.2) is 5.78 Å². The zero-order chi connectivity index (χ0) is 24.2. The van der Waals surface area contributed by atoms with Crippen LogP contribution in [0, 0.1) is 0 Å². The average molecular weight is 476 g/mol. The number of ketones is 1. The topological polar surface area (TPSA) is 79.7 Å². The number of carbonyl (C=O) groups excluding carboxylic acids is 4. The highest BCUT2D eigenvalue weighted by atomic mass is 32.2. The molecule has 7 nitrogen and oxygen atoms in total. The molecule has 0 bridgehead atoms. The molecule has 2 heterocycles. The Morgan fingerprint density at radius 1 is 0.941 bits per heavy atom. The van der Waals surface area contributed by atoms with Crippen LogP contribution >= 0.6 is 11.8 Å². The number of para-hydroxylation sites is 1. The highest BCUT2D eigenvalue weighted by molar-refractivity contribution is 8.18. The van der Waals surface area contributed by atoms with Crippen LogP contribution < -0.4 is 0 Å². The number of fused-ring (bicyclic) bond motifs is 1. The van der Waals surface area contributed by atoms with Crippen LogP contribution in [-0.2, 0) is 16.1 Å². The maximum atomic E-state index is 13.0. The Hall–Kier alpha value is -3.65. The van der Waals surface area contributed by atoms with Gasteiger partial charge in [-0.3, -0.25) is 24.1 Å². The molecule has 1 saturated heterocycles. The predicted octanol–water partition coefficient (Wildman–Crippen LogP) is 4.43. The van der Waals surface area contributed by atoms with E-state index in [1.807, 2.05) is 48.9 Å². The number of imide groups is 1. The largest absolute Gasteiger partial charge is 0.342 e. The number of nitrogens with zero attached hydrogens (tertiary/aromatic N) is 3. The molecular weight excluding hydrogens is 450 g/mol. The zero-order valence-corrected chi connectivity index (χ0v) is 19.9. The summed E-state index contributed by atoms with van der Waals surface area (Å²) in [5.41, 5.74) is 2.06. The van der Waals surface area contributed by atoms with Crippen LogP contribution in [0.3, 0.4) is 0 Å². The van der Waals surface area contributed by atoms with Crippen LogP contribution in [0.4, 0.5) is 4.79 Å². The first-order valence-electron chi connectivity index (χ1n) is 11.1. The summed E-state index contributed by atoms with van der Waals surface area (Å²) in [7, 11) is 0. The summed E-state index contributed by atoms with van der Waals surface area (Å²) in [5.74, 6) is -0.775. The van der Waals surface area contributed by atoms with Crippen molar-refractivity contribution in [1.82, 2.24) is 14.4 Å². The van der Waals surface area contributed by atoms with E-state index in [9.17, 15) is 19.2 Å². The summed E-state index contributed by atoms with van der Waals surface area (Å²) in [6, 6.07) is 16.2. The summed E-state index contributed by atoms with van der Waals surface area (Å²) < 4.78 is 1.87. The summed E-state index contributed by atoms with van der Waals surface area (Å²) in [6.07, 6.45) is 3.49. The van der Waals surface area contributed by atoms with Crippen LogP contribution in [0.25, 0.3) is 17.0 Å². The third-order valence-electron chi connectivity index (χ3n) is 5.80. The van der Waals surface area contributed by atoms with Gasteiger partial charge >= 0.3 is 0 Å². The molecule has 0 spiro atoms. The van der Waals surface area contributed by atoms with Crippen molar-refractivity contribution in [3.63, 3.8) is 0 Å². The highest BCUT2D eigenvalue weighted by Crippen LogP contribution is 2.34. The van der Waals surface area contributed by atoms with E-state index in [4.69, 9.17) is 0 Å². The number of aromatic nitrogens is 1. The molecule has 0 saturated carbocycles. The van der Waals surface area contributed by atoms with E-state index < -0.39 is 11.1 Å². The lowest BCUT2D eigenvalue weighted by Gasteiger charge is -2.19.